The normalized spacial score (nSPS) is 25.2. The van der Waals surface area contributed by atoms with Crippen LogP contribution in [0.15, 0.2) is 0 Å². The predicted molar refractivity (Wildman–Crippen MR) is 55.7 cm³/mol. The number of nitrogens with two attached hydrogens (primary N) is 1. The van der Waals surface area contributed by atoms with Crippen LogP contribution < -0.4 is 5.73 Å². The third-order valence-electron chi connectivity index (χ3n) is 3.21. The molecule has 0 bridgehead atoms. The van der Waals surface area contributed by atoms with Gasteiger partial charge in [-0.05, 0) is 26.7 Å². The zero-order valence-electron chi connectivity index (χ0n) is 9.01. The molecule has 0 aromatic heterocycles. The van der Waals surface area contributed by atoms with Gasteiger partial charge in [-0.2, -0.15) is 0 Å². The van der Waals surface area contributed by atoms with Crippen LogP contribution in [0.4, 0.5) is 0 Å². The molecule has 13 heavy (non-hydrogen) atoms. The molecule has 0 aromatic rings. The van der Waals surface area contributed by atoms with Crippen molar-refractivity contribution >= 4 is 0 Å². The first-order valence-corrected chi connectivity index (χ1v) is 5.61. The third kappa shape index (κ3) is 2.68. The molecule has 0 aliphatic heterocycles. The lowest BCUT2D eigenvalue weighted by atomic mass is 9.87. The Hall–Kier alpha value is -0.0800. The minimum atomic E-state index is -0.00868. The Bertz CT molecular complexity index is 137. The lowest BCUT2D eigenvalue weighted by Gasteiger charge is -2.36. The Morgan fingerprint density at radius 2 is 1.77 bits per heavy atom. The lowest BCUT2D eigenvalue weighted by Crippen LogP contribution is -2.48. The summed E-state index contributed by atoms with van der Waals surface area (Å²) in [6.07, 6.45) is 7.56. The van der Waals surface area contributed by atoms with Gasteiger partial charge in [-0.1, -0.05) is 25.7 Å². The summed E-state index contributed by atoms with van der Waals surface area (Å²) in [5.74, 6) is 0. The smallest absolute Gasteiger partial charge is 0.0829 e. The maximum Gasteiger partial charge on any atom is 0.0829 e. The number of rotatable bonds is 3. The summed E-state index contributed by atoms with van der Waals surface area (Å²) >= 11 is 0. The molecule has 0 spiro atoms. The zero-order valence-corrected chi connectivity index (χ0v) is 9.01. The van der Waals surface area contributed by atoms with Crippen LogP contribution in [0.2, 0.25) is 0 Å². The quantitative estimate of drug-likeness (QED) is 0.685. The van der Waals surface area contributed by atoms with Gasteiger partial charge in [0.1, 0.15) is 0 Å². The van der Waals surface area contributed by atoms with Crippen LogP contribution in [0, 0.1) is 0 Å². The maximum absolute atomic E-state index is 6.03. The molecule has 1 unspecified atom stereocenters. The number of hydrogen-bond acceptors (Lipinski definition) is 2. The van der Waals surface area contributed by atoms with Crippen molar-refractivity contribution in [3.8, 4) is 0 Å². The molecular formula is C11H23NO. The molecule has 2 heteroatoms. The molecule has 1 fully saturated rings. The fourth-order valence-electron chi connectivity index (χ4n) is 2.35. The van der Waals surface area contributed by atoms with Crippen molar-refractivity contribution in [2.75, 3.05) is 6.61 Å². The molecule has 1 saturated carbocycles. The van der Waals surface area contributed by atoms with Gasteiger partial charge >= 0.3 is 0 Å². The van der Waals surface area contributed by atoms with Crippen LogP contribution in [0.3, 0.4) is 0 Å². The monoisotopic (exact) mass is 185 g/mol. The van der Waals surface area contributed by atoms with E-state index in [-0.39, 0.29) is 11.6 Å². The maximum atomic E-state index is 6.03. The van der Waals surface area contributed by atoms with Crippen molar-refractivity contribution in [3.63, 3.8) is 0 Å². The van der Waals surface area contributed by atoms with Gasteiger partial charge in [0.05, 0.1) is 5.60 Å². The van der Waals surface area contributed by atoms with E-state index in [4.69, 9.17) is 10.5 Å². The Morgan fingerprint density at radius 1 is 1.23 bits per heavy atom. The van der Waals surface area contributed by atoms with E-state index < -0.39 is 0 Å². The van der Waals surface area contributed by atoms with E-state index in [2.05, 4.69) is 13.8 Å². The molecule has 1 aliphatic carbocycles. The van der Waals surface area contributed by atoms with Crippen LogP contribution >= 0.6 is 0 Å². The minimum absolute atomic E-state index is 0.00868. The highest BCUT2D eigenvalue weighted by atomic mass is 16.5. The molecule has 0 radical (unpaired) electrons. The van der Waals surface area contributed by atoms with Crippen molar-refractivity contribution in [1.82, 2.24) is 0 Å². The summed E-state index contributed by atoms with van der Waals surface area (Å²) in [5.41, 5.74) is 6.02. The van der Waals surface area contributed by atoms with E-state index >= 15 is 0 Å². The van der Waals surface area contributed by atoms with Crippen molar-refractivity contribution < 1.29 is 4.74 Å². The zero-order chi connectivity index (χ0) is 9.73. The first-order chi connectivity index (χ1) is 6.21. The second-order valence-electron chi connectivity index (χ2n) is 4.20. The van der Waals surface area contributed by atoms with Crippen molar-refractivity contribution in [2.24, 2.45) is 5.73 Å². The van der Waals surface area contributed by atoms with Gasteiger partial charge in [0.2, 0.25) is 0 Å². The number of hydrogen-bond donors (Lipinski definition) is 1. The summed E-state index contributed by atoms with van der Waals surface area (Å²) < 4.78 is 5.89. The third-order valence-corrected chi connectivity index (χ3v) is 3.21. The first kappa shape index (κ1) is 11.0. The Balaban J connectivity index is 2.62. The lowest BCUT2D eigenvalue weighted by molar-refractivity contribution is -0.0646. The summed E-state index contributed by atoms with van der Waals surface area (Å²) in [7, 11) is 0. The van der Waals surface area contributed by atoms with Gasteiger partial charge in [-0.15, -0.1) is 0 Å². The van der Waals surface area contributed by atoms with Crippen molar-refractivity contribution in [1.29, 1.82) is 0 Å². The molecular weight excluding hydrogens is 162 g/mol. The Labute approximate surface area is 81.8 Å². The molecule has 0 aromatic carbocycles. The minimum Gasteiger partial charge on any atom is -0.374 e. The average Bonchev–Trinajstić information content (AvgIpc) is 2.31. The summed E-state index contributed by atoms with van der Waals surface area (Å²) in [5, 5.41) is 0. The van der Waals surface area contributed by atoms with Gasteiger partial charge in [0, 0.05) is 12.6 Å². The fraction of sp³-hybridized carbons (Fsp3) is 1.00. The standard InChI is InChI=1S/C11H23NO/c1-3-13-11(10(2)12)8-6-4-5-7-9-11/h10H,3-9,12H2,1-2H3. The van der Waals surface area contributed by atoms with Crippen LogP contribution in [0.25, 0.3) is 0 Å². The fourth-order valence-corrected chi connectivity index (χ4v) is 2.35. The van der Waals surface area contributed by atoms with Crippen LogP contribution in [0.1, 0.15) is 52.4 Å². The molecule has 0 amide bonds. The Kier molecular flexibility index (Phi) is 4.20. The number of ether oxygens (including phenoxy) is 1. The van der Waals surface area contributed by atoms with Gasteiger partial charge in [0.25, 0.3) is 0 Å². The van der Waals surface area contributed by atoms with E-state index in [1.54, 1.807) is 0 Å². The first-order valence-electron chi connectivity index (χ1n) is 5.61. The highest BCUT2D eigenvalue weighted by molar-refractivity contribution is 4.90. The molecule has 0 saturated heterocycles. The van der Waals surface area contributed by atoms with Crippen LogP contribution in [-0.2, 0) is 4.74 Å². The molecule has 78 valence electrons. The topological polar surface area (TPSA) is 35.2 Å². The van der Waals surface area contributed by atoms with Gasteiger partial charge in [-0.25, -0.2) is 0 Å². The van der Waals surface area contributed by atoms with Crippen molar-refractivity contribution in [2.45, 2.75) is 64.0 Å². The summed E-state index contributed by atoms with van der Waals surface area (Å²) in [6.45, 7) is 4.94. The SMILES string of the molecule is CCOC1(C(C)N)CCCCCC1. The second-order valence-corrected chi connectivity index (χ2v) is 4.20. The summed E-state index contributed by atoms with van der Waals surface area (Å²) in [6, 6.07) is 0.172. The van der Waals surface area contributed by atoms with Crippen LogP contribution in [0.5, 0.6) is 0 Å². The van der Waals surface area contributed by atoms with Gasteiger partial charge < -0.3 is 10.5 Å². The Morgan fingerprint density at radius 3 is 2.15 bits per heavy atom. The molecule has 2 N–H and O–H groups in total. The van der Waals surface area contributed by atoms with Crippen molar-refractivity contribution in [3.05, 3.63) is 0 Å². The molecule has 2 nitrogen and oxygen atoms in total. The highest BCUT2D eigenvalue weighted by Crippen LogP contribution is 2.32. The molecule has 1 aliphatic rings. The molecule has 1 atom stereocenters. The van der Waals surface area contributed by atoms with E-state index in [1.807, 2.05) is 0 Å². The second kappa shape index (κ2) is 4.97. The van der Waals surface area contributed by atoms with E-state index in [9.17, 15) is 0 Å². The molecule has 0 heterocycles. The van der Waals surface area contributed by atoms with Gasteiger partial charge in [0.15, 0.2) is 0 Å². The predicted octanol–water partition coefficient (Wildman–Crippen LogP) is 2.46. The van der Waals surface area contributed by atoms with E-state index in [0.29, 0.717) is 0 Å². The van der Waals surface area contributed by atoms with E-state index in [0.717, 1.165) is 19.4 Å². The summed E-state index contributed by atoms with van der Waals surface area (Å²) in [4.78, 5) is 0. The van der Waals surface area contributed by atoms with E-state index in [1.165, 1.54) is 25.7 Å². The van der Waals surface area contributed by atoms with Crippen LogP contribution in [-0.4, -0.2) is 18.2 Å². The highest BCUT2D eigenvalue weighted by Gasteiger charge is 2.34. The largest absolute Gasteiger partial charge is 0.374 e. The molecule has 1 rings (SSSR count). The van der Waals surface area contributed by atoms with Gasteiger partial charge in [-0.3, -0.25) is 0 Å². The average molecular weight is 185 g/mol.